The van der Waals surface area contributed by atoms with Crippen molar-refractivity contribution >= 4 is 34.2 Å². The monoisotopic (exact) mass is 237 g/mol. The summed E-state index contributed by atoms with van der Waals surface area (Å²) in [5, 5.41) is 13.9. The SMILES string of the molecule is N#CS.c1ccc2cc3ccccc3cc2c1. The number of hydrogen-bond donors (Lipinski definition) is 1. The van der Waals surface area contributed by atoms with Crippen LogP contribution in [0.1, 0.15) is 0 Å². The Labute approximate surface area is 106 Å². The van der Waals surface area contributed by atoms with Crippen LogP contribution in [0.2, 0.25) is 0 Å². The molecule has 0 heterocycles. The van der Waals surface area contributed by atoms with E-state index in [-0.39, 0.29) is 0 Å². The fraction of sp³-hybridized carbons (Fsp3) is 0. The molecular weight excluding hydrogens is 226 g/mol. The molecule has 2 heteroatoms. The van der Waals surface area contributed by atoms with Crippen LogP contribution in [0, 0.1) is 10.7 Å². The molecule has 3 aromatic rings. The van der Waals surface area contributed by atoms with Gasteiger partial charge in [0.25, 0.3) is 0 Å². The molecule has 0 bridgehead atoms. The second-order valence-corrected chi connectivity index (χ2v) is 3.85. The number of rotatable bonds is 0. The highest BCUT2D eigenvalue weighted by molar-refractivity contribution is 7.85. The van der Waals surface area contributed by atoms with Crippen molar-refractivity contribution in [3.8, 4) is 5.40 Å². The topological polar surface area (TPSA) is 23.8 Å². The summed E-state index contributed by atoms with van der Waals surface area (Å²) in [5.41, 5.74) is 0. The van der Waals surface area contributed by atoms with Gasteiger partial charge in [-0.3, -0.25) is 0 Å². The minimum absolute atomic E-state index is 1.31. The Hall–Kier alpha value is -1.98. The van der Waals surface area contributed by atoms with E-state index in [1.807, 2.05) is 0 Å². The Morgan fingerprint density at radius 1 is 0.706 bits per heavy atom. The molecule has 0 fully saturated rings. The third-order valence-corrected chi connectivity index (χ3v) is 2.61. The largest absolute Gasteiger partial charge is 0.185 e. The average molecular weight is 237 g/mol. The first-order valence-electron chi connectivity index (χ1n) is 5.26. The van der Waals surface area contributed by atoms with Crippen molar-refractivity contribution in [1.82, 2.24) is 0 Å². The zero-order valence-electron chi connectivity index (χ0n) is 9.17. The summed E-state index contributed by atoms with van der Waals surface area (Å²) in [4.78, 5) is 0. The Morgan fingerprint density at radius 3 is 1.18 bits per heavy atom. The number of benzene rings is 3. The number of thiol groups is 1. The van der Waals surface area contributed by atoms with Gasteiger partial charge >= 0.3 is 0 Å². The number of hydrogen-bond acceptors (Lipinski definition) is 2. The molecule has 0 aromatic heterocycles. The molecular formula is C15H11NS. The standard InChI is InChI=1S/C14H10.CHNS/c1-2-6-12-10-14-8-4-3-7-13(14)9-11(12)5-1;2-1-3/h1-10H;3H. The van der Waals surface area contributed by atoms with Gasteiger partial charge < -0.3 is 0 Å². The maximum absolute atomic E-state index is 7.18. The fourth-order valence-corrected chi connectivity index (χ4v) is 1.88. The maximum Gasteiger partial charge on any atom is 0.130 e. The molecule has 0 amide bonds. The lowest BCUT2D eigenvalue weighted by Gasteiger charge is -2.00. The molecule has 0 aliphatic heterocycles. The summed E-state index contributed by atoms with van der Waals surface area (Å²) in [6.45, 7) is 0. The average Bonchev–Trinajstić information content (AvgIpc) is 2.37. The van der Waals surface area contributed by atoms with Gasteiger partial charge in [0, 0.05) is 0 Å². The highest BCUT2D eigenvalue weighted by Crippen LogP contribution is 2.21. The fourth-order valence-electron chi connectivity index (χ4n) is 1.88. The summed E-state index contributed by atoms with van der Waals surface area (Å²) < 4.78 is 0. The van der Waals surface area contributed by atoms with Crippen LogP contribution in [0.3, 0.4) is 0 Å². The van der Waals surface area contributed by atoms with E-state index in [0.29, 0.717) is 0 Å². The van der Waals surface area contributed by atoms with Crippen LogP contribution in [0.5, 0.6) is 0 Å². The van der Waals surface area contributed by atoms with Gasteiger partial charge in [-0.25, -0.2) is 0 Å². The summed E-state index contributed by atoms with van der Waals surface area (Å²) in [6, 6.07) is 21.4. The van der Waals surface area contributed by atoms with Crippen LogP contribution >= 0.6 is 12.6 Å². The zero-order chi connectivity index (χ0) is 12.1. The highest BCUT2D eigenvalue weighted by Gasteiger charge is 1.95. The van der Waals surface area contributed by atoms with Crippen molar-refractivity contribution in [2.45, 2.75) is 0 Å². The molecule has 0 atom stereocenters. The van der Waals surface area contributed by atoms with Crippen LogP contribution in [-0.2, 0) is 0 Å². The smallest absolute Gasteiger partial charge is 0.130 e. The molecule has 0 saturated heterocycles. The Kier molecular flexibility index (Phi) is 3.64. The van der Waals surface area contributed by atoms with E-state index in [2.05, 4.69) is 73.3 Å². The zero-order valence-corrected chi connectivity index (χ0v) is 10.1. The maximum atomic E-state index is 7.18. The van der Waals surface area contributed by atoms with Crippen molar-refractivity contribution in [3.05, 3.63) is 60.7 Å². The van der Waals surface area contributed by atoms with Gasteiger partial charge in [0.1, 0.15) is 5.40 Å². The van der Waals surface area contributed by atoms with Crippen LogP contribution in [-0.4, -0.2) is 0 Å². The van der Waals surface area contributed by atoms with E-state index >= 15 is 0 Å². The summed E-state index contributed by atoms with van der Waals surface area (Å²) in [7, 11) is 0. The Bertz CT molecular complexity index is 578. The molecule has 3 rings (SSSR count). The van der Waals surface area contributed by atoms with Crippen LogP contribution in [0.15, 0.2) is 60.7 Å². The van der Waals surface area contributed by atoms with Gasteiger partial charge in [-0.1, -0.05) is 61.2 Å². The predicted octanol–water partition coefficient (Wildman–Crippen LogP) is 4.39. The van der Waals surface area contributed by atoms with Crippen molar-refractivity contribution in [2.24, 2.45) is 0 Å². The molecule has 82 valence electrons. The molecule has 0 aliphatic carbocycles. The third kappa shape index (κ3) is 2.58. The summed E-state index contributed by atoms with van der Waals surface area (Å²) in [6.07, 6.45) is 0. The second kappa shape index (κ2) is 5.38. The summed E-state index contributed by atoms with van der Waals surface area (Å²) >= 11 is 3.09. The van der Waals surface area contributed by atoms with E-state index < -0.39 is 0 Å². The molecule has 1 nitrogen and oxygen atoms in total. The molecule has 3 aromatic carbocycles. The minimum atomic E-state index is 1.31. The van der Waals surface area contributed by atoms with Crippen molar-refractivity contribution in [1.29, 1.82) is 5.26 Å². The second-order valence-electron chi connectivity index (χ2n) is 3.65. The first kappa shape index (κ1) is 11.5. The quantitative estimate of drug-likeness (QED) is 0.350. The molecule has 0 radical (unpaired) electrons. The first-order chi connectivity index (χ1) is 8.35. The van der Waals surface area contributed by atoms with Crippen molar-refractivity contribution < 1.29 is 0 Å². The van der Waals surface area contributed by atoms with E-state index in [1.165, 1.54) is 26.9 Å². The summed E-state index contributed by atoms with van der Waals surface area (Å²) in [5.74, 6) is 0. The van der Waals surface area contributed by atoms with Gasteiger partial charge in [-0.15, -0.1) is 0 Å². The molecule has 0 unspecified atom stereocenters. The highest BCUT2D eigenvalue weighted by atomic mass is 32.1. The van der Waals surface area contributed by atoms with Crippen LogP contribution < -0.4 is 0 Å². The molecule has 0 aliphatic rings. The van der Waals surface area contributed by atoms with Crippen molar-refractivity contribution in [2.75, 3.05) is 0 Å². The Morgan fingerprint density at radius 2 is 0.941 bits per heavy atom. The van der Waals surface area contributed by atoms with Gasteiger partial charge in [0.2, 0.25) is 0 Å². The number of fused-ring (bicyclic) bond motifs is 2. The number of nitriles is 1. The number of nitrogens with zero attached hydrogens (tertiary/aromatic N) is 1. The third-order valence-electron chi connectivity index (χ3n) is 2.61. The van der Waals surface area contributed by atoms with E-state index in [9.17, 15) is 0 Å². The predicted molar refractivity (Wildman–Crippen MR) is 76.1 cm³/mol. The van der Waals surface area contributed by atoms with Crippen LogP contribution in [0.4, 0.5) is 0 Å². The number of thiocyanates is 1. The molecule has 0 N–H and O–H groups in total. The van der Waals surface area contributed by atoms with E-state index in [1.54, 1.807) is 0 Å². The van der Waals surface area contributed by atoms with Crippen LogP contribution in [0.25, 0.3) is 21.5 Å². The minimum Gasteiger partial charge on any atom is -0.185 e. The van der Waals surface area contributed by atoms with Gasteiger partial charge in [0.15, 0.2) is 0 Å². The first-order valence-corrected chi connectivity index (χ1v) is 5.70. The van der Waals surface area contributed by atoms with Gasteiger partial charge in [-0.2, -0.15) is 5.26 Å². The molecule has 17 heavy (non-hydrogen) atoms. The normalized spacial score (nSPS) is 9.41. The molecule has 0 spiro atoms. The van der Waals surface area contributed by atoms with E-state index in [0.717, 1.165) is 0 Å². The lowest BCUT2D eigenvalue weighted by atomic mass is 10.0. The lowest BCUT2D eigenvalue weighted by molar-refractivity contribution is 1.57. The lowest BCUT2D eigenvalue weighted by Crippen LogP contribution is -1.74. The van der Waals surface area contributed by atoms with Crippen molar-refractivity contribution in [3.63, 3.8) is 0 Å². The van der Waals surface area contributed by atoms with E-state index in [4.69, 9.17) is 5.26 Å². The molecule has 0 saturated carbocycles. The Balaban J connectivity index is 0.000000329. The van der Waals surface area contributed by atoms with Gasteiger partial charge in [-0.05, 0) is 33.7 Å². The van der Waals surface area contributed by atoms with Gasteiger partial charge in [0.05, 0.1) is 0 Å².